The van der Waals surface area contributed by atoms with E-state index in [0.29, 0.717) is 10.0 Å². The van der Waals surface area contributed by atoms with Gasteiger partial charge in [-0.3, -0.25) is 4.98 Å². The average Bonchev–Trinajstić information content (AvgIpc) is 2.39. The number of nitrogens with zero attached hydrogens (tertiary/aromatic N) is 1. The van der Waals surface area contributed by atoms with Gasteiger partial charge < -0.3 is 5.32 Å². The lowest BCUT2D eigenvalue weighted by molar-refractivity contribution is 1.25. The van der Waals surface area contributed by atoms with Crippen molar-refractivity contribution < 1.29 is 0 Å². The normalized spacial score (nSPS) is 10.2. The summed E-state index contributed by atoms with van der Waals surface area (Å²) >= 11 is 12.1. The van der Waals surface area contributed by atoms with Crippen molar-refractivity contribution in [2.45, 2.75) is 6.92 Å². The molecule has 1 heterocycles. The molecule has 2 aromatic carbocycles. The summed E-state index contributed by atoms with van der Waals surface area (Å²) in [6, 6.07) is 15.3. The van der Waals surface area contributed by atoms with Gasteiger partial charge in [0, 0.05) is 32.5 Å². The maximum Gasteiger partial charge on any atom is 0.0727 e. The molecule has 1 aromatic heterocycles. The van der Waals surface area contributed by atoms with E-state index >= 15 is 0 Å². The highest BCUT2D eigenvalue weighted by atomic mass is 35.5. The number of anilines is 2. The van der Waals surface area contributed by atoms with Crippen LogP contribution in [0.25, 0.3) is 10.9 Å². The predicted molar refractivity (Wildman–Crippen MR) is 93.5 cm³/mol. The Kier molecular flexibility index (Phi) is 4.94. The van der Waals surface area contributed by atoms with Gasteiger partial charge in [-0.25, -0.2) is 0 Å². The van der Waals surface area contributed by atoms with E-state index in [2.05, 4.69) is 10.3 Å². The van der Waals surface area contributed by atoms with Crippen LogP contribution in [0.4, 0.5) is 11.4 Å². The fourth-order valence-corrected chi connectivity index (χ4v) is 2.52. The van der Waals surface area contributed by atoms with E-state index in [1.54, 1.807) is 0 Å². The summed E-state index contributed by atoms with van der Waals surface area (Å²) in [5.74, 6) is 0. The van der Waals surface area contributed by atoms with Gasteiger partial charge in [0.05, 0.1) is 5.52 Å². The number of hydrogen-bond acceptors (Lipinski definition) is 2. The fraction of sp³-hybridized carbons (Fsp3) is 0.0625. The van der Waals surface area contributed by atoms with Gasteiger partial charge in [-0.1, -0.05) is 29.3 Å². The molecule has 0 spiro atoms. The van der Waals surface area contributed by atoms with E-state index < -0.39 is 0 Å². The third-order valence-electron chi connectivity index (χ3n) is 3.00. The highest BCUT2D eigenvalue weighted by molar-refractivity contribution is 6.31. The van der Waals surface area contributed by atoms with Crippen LogP contribution < -0.4 is 5.32 Å². The van der Waals surface area contributed by atoms with Crippen molar-refractivity contribution in [1.82, 2.24) is 4.98 Å². The van der Waals surface area contributed by atoms with Gasteiger partial charge in [-0.05, 0) is 49.4 Å². The molecule has 21 heavy (non-hydrogen) atoms. The van der Waals surface area contributed by atoms with Crippen LogP contribution in [0.15, 0.2) is 48.5 Å². The number of nitrogens with one attached hydrogen (secondary N) is 1. The number of benzene rings is 2. The van der Waals surface area contributed by atoms with Crippen molar-refractivity contribution in [3.8, 4) is 0 Å². The molecule has 0 atom stereocenters. The van der Waals surface area contributed by atoms with Crippen LogP contribution in [0.3, 0.4) is 0 Å². The first-order valence-electron chi connectivity index (χ1n) is 6.21. The minimum absolute atomic E-state index is 0. The Morgan fingerprint density at radius 3 is 2.48 bits per heavy atom. The van der Waals surface area contributed by atoms with E-state index in [0.717, 1.165) is 28.0 Å². The third kappa shape index (κ3) is 3.59. The Balaban J connectivity index is 0.00000161. The molecule has 0 radical (unpaired) electrons. The second-order valence-corrected chi connectivity index (χ2v) is 5.48. The quantitative estimate of drug-likeness (QED) is 0.618. The van der Waals surface area contributed by atoms with Gasteiger partial charge in [0.2, 0.25) is 0 Å². The lowest BCUT2D eigenvalue weighted by atomic mass is 10.1. The van der Waals surface area contributed by atoms with Crippen molar-refractivity contribution in [2.75, 3.05) is 5.32 Å². The Bertz CT molecular complexity index is 788. The summed E-state index contributed by atoms with van der Waals surface area (Å²) in [5.41, 5.74) is 3.77. The Hall–Kier alpha value is -1.48. The number of rotatable bonds is 2. The minimum atomic E-state index is 0. The van der Waals surface area contributed by atoms with Gasteiger partial charge in [-0.2, -0.15) is 0 Å². The van der Waals surface area contributed by atoms with Crippen LogP contribution in [-0.2, 0) is 0 Å². The predicted octanol–water partition coefficient (Wildman–Crippen LogP) is 6.02. The van der Waals surface area contributed by atoms with E-state index in [1.807, 2.05) is 55.5 Å². The first kappa shape index (κ1) is 15.9. The number of aryl methyl sites for hydroxylation is 1. The van der Waals surface area contributed by atoms with E-state index in [9.17, 15) is 0 Å². The molecule has 108 valence electrons. The number of aromatic nitrogens is 1. The molecule has 3 rings (SSSR count). The maximum absolute atomic E-state index is 6.08. The summed E-state index contributed by atoms with van der Waals surface area (Å²) in [5, 5.41) is 5.75. The van der Waals surface area contributed by atoms with Gasteiger partial charge >= 0.3 is 0 Å². The standard InChI is InChI=1S/C16H12Cl2N2.ClH/c1-10-7-16(20-13-4-2-3-11(17)8-13)14-9-12(18)5-6-15(14)19-10;/h2-9H,1H3,(H,19,20);1H. The number of fused-ring (bicyclic) bond motifs is 1. The molecule has 1 N–H and O–H groups in total. The number of halogens is 3. The zero-order valence-electron chi connectivity index (χ0n) is 11.2. The second-order valence-electron chi connectivity index (χ2n) is 4.61. The van der Waals surface area contributed by atoms with Crippen molar-refractivity contribution in [1.29, 1.82) is 0 Å². The van der Waals surface area contributed by atoms with E-state index in [-0.39, 0.29) is 12.4 Å². The molecule has 0 bridgehead atoms. The van der Waals surface area contributed by atoms with Crippen LogP contribution >= 0.6 is 35.6 Å². The monoisotopic (exact) mass is 338 g/mol. The smallest absolute Gasteiger partial charge is 0.0727 e. The highest BCUT2D eigenvalue weighted by Crippen LogP contribution is 2.29. The topological polar surface area (TPSA) is 24.9 Å². The van der Waals surface area contributed by atoms with Crippen molar-refractivity contribution in [3.63, 3.8) is 0 Å². The van der Waals surface area contributed by atoms with Gasteiger partial charge in [0.15, 0.2) is 0 Å². The Morgan fingerprint density at radius 2 is 1.71 bits per heavy atom. The summed E-state index contributed by atoms with van der Waals surface area (Å²) < 4.78 is 0. The first-order chi connectivity index (χ1) is 9.61. The Labute approximate surface area is 139 Å². The molecule has 0 saturated carbocycles. The molecule has 2 nitrogen and oxygen atoms in total. The van der Waals surface area contributed by atoms with Crippen molar-refractivity contribution >= 4 is 57.9 Å². The number of pyridine rings is 1. The molecule has 3 aromatic rings. The van der Waals surface area contributed by atoms with E-state index in [1.165, 1.54) is 0 Å². The molecule has 5 heteroatoms. The molecular weight excluding hydrogens is 327 g/mol. The van der Waals surface area contributed by atoms with Crippen LogP contribution in [0.5, 0.6) is 0 Å². The average molecular weight is 340 g/mol. The minimum Gasteiger partial charge on any atom is -0.355 e. The zero-order chi connectivity index (χ0) is 14.1. The Morgan fingerprint density at radius 1 is 0.952 bits per heavy atom. The second kappa shape index (κ2) is 6.52. The summed E-state index contributed by atoms with van der Waals surface area (Å²) in [4.78, 5) is 4.51. The molecule has 0 fully saturated rings. The molecule has 0 aliphatic rings. The van der Waals surface area contributed by atoms with Crippen molar-refractivity contribution in [3.05, 3.63) is 64.3 Å². The van der Waals surface area contributed by atoms with Gasteiger partial charge in [0.25, 0.3) is 0 Å². The first-order valence-corrected chi connectivity index (χ1v) is 6.97. The molecule has 0 aliphatic carbocycles. The lowest BCUT2D eigenvalue weighted by Gasteiger charge is -2.11. The largest absolute Gasteiger partial charge is 0.355 e. The van der Waals surface area contributed by atoms with Crippen molar-refractivity contribution in [2.24, 2.45) is 0 Å². The SMILES string of the molecule is Cc1cc(Nc2cccc(Cl)c2)c2cc(Cl)ccc2n1.Cl. The zero-order valence-corrected chi connectivity index (χ0v) is 13.6. The molecule has 0 amide bonds. The lowest BCUT2D eigenvalue weighted by Crippen LogP contribution is -1.94. The highest BCUT2D eigenvalue weighted by Gasteiger charge is 2.05. The maximum atomic E-state index is 6.08. The van der Waals surface area contributed by atoms with Crippen LogP contribution in [0.1, 0.15) is 5.69 Å². The van der Waals surface area contributed by atoms with Crippen LogP contribution in [0.2, 0.25) is 10.0 Å². The summed E-state index contributed by atoms with van der Waals surface area (Å²) in [6.45, 7) is 1.97. The van der Waals surface area contributed by atoms with Gasteiger partial charge in [0.1, 0.15) is 0 Å². The third-order valence-corrected chi connectivity index (χ3v) is 3.47. The summed E-state index contributed by atoms with van der Waals surface area (Å²) in [7, 11) is 0. The fourth-order valence-electron chi connectivity index (χ4n) is 2.16. The van der Waals surface area contributed by atoms with Crippen LogP contribution in [0, 0.1) is 6.92 Å². The molecule has 0 saturated heterocycles. The molecule has 0 unspecified atom stereocenters. The van der Waals surface area contributed by atoms with E-state index in [4.69, 9.17) is 23.2 Å². The molecule has 0 aliphatic heterocycles. The number of hydrogen-bond donors (Lipinski definition) is 1. The van der Waals surface area contributed by atoms with Crippen LogP contribution in [-0.4, -0.2) is 4.98 Å². The van der Waals surface area contributed by atoms with Gasteiger partial charge in [-0.15, -0.1) is 12.4 Å². The summed E-state index contributed by atoms with van der Waals surface area (Å²) in [6.07, 6.45) is 0. The molecular formula is C16H13Cl3N2.